The number of nitrogens with zero attached hydrogens (tertiary/aromatic N) is 2. The molecule has 0 aliphatic heterocycles. The molecule has 0 amide bonds. The minimum absolute atomic E-state index is 0.0267. The first-order valence-corrected chi connectivity index (χ1v) is 7.64. The van der Waals surface area contributed by atoms with Gasteiger partial charge in [-0.25, -0.2) is 22.9 Å². The van der Waals surface area contributed by atoms with Gasteiger partial charge in [-0.15, -0.1) is 0 Å². The third-order valence-electron chi connectivity index (χ3n) is 2.91. The van der Waals surface area contributed by atoms with Crippen LogP contribution in [0.1, 0.15) is 6.42 Å². The number of aromatic amines is 1. The average Bonchev–Trinajstić information content (AvgIpc) is 2.44. The third-order valence-corrected chi connectivity index (χ3v) is 4.34. The number of H-pyrrole nitrogens is 1. The van der Waals surface area contributed by atoms with Gasteiger partial charge < -0.3 is 5.73 Å². The van der Waals surface area contributed by atoms with Crippen molar-refractivity contribution in [1.29, 1.82) is 0 Å². The molecule has 2 aromatic rings. The van der Waals surface area contributed by atoms with E-state index in [0.29, 0.717) is 13.0 Å². The van der Waals surface area contributed by atoms with Crippen LogP contribution in [0.2, 0.25) is 0 Å². The van der Waals surface area contributed by atoms with Gasteiger partial charge in [0.25, 0.3) is 5.56 Å². The first-order valence-electron chi connectivity index (χ1n) is 6.15. The van der Waals surface area contributed by atoms with Gasteiger partial charge in [0.15, 0.2) is 0 Å². The average molecular weight is 313 g/mol. The van der Waals surface area contributed by atoms with Crippen LogP contribution in [0.4, 0.5) is 0 Å². The maximum atomic E-state index is 12.0. The second kappa shape index (κ2) is 5.76. The Kier molecular flexibility index (Phi) is 4.21. The Labute approximate surface area is 119 Å². The first kappa shape index (κ1) is 15.4. The zero-order valence-corrected chi connectivity index (χ0v) is 12.1. The molecule has 0 bridgehead atoms. The van der Waals surface area contributed by atoms with E-state index in [2.05, 4.69) is 14.7 Å². The Morgan fingerprint density at radius 3 is 2.81 bits per heavy atom. The fourth-order valence-electron chi connectivity index (χ4n) is 1.76. The maximum Gasteiger partial charge on any atom is 0.329 e. The van der Waals surface area contributed by atoms with E-state index < -0.39 is 21.3 Å². The molecule has 0 aromatic carbocycles. The molecule has 0 saturated heterocycles. The maximum absolute atomic E-state index is 12.0. The van der Waals surface area contributed by atoms with Crippen molar-refractivity contribution in [2.45, 2.75) is 11.3 Å². The highest BCUT2D eigenvalue weighted by Crippen LogP contribution is 2.12. The Bertz CT molecular complexity index is 884. The minimum atomic E-state index is -3.77. The Morgan fingerprint density at radius 2 is 2.14 bits per heavy atom. The summed E-state index contributed by atoms with van der Waals surface area (Å²) in [5.74, 6) is 0. The predicted molar refractivity (Wildman–Crippen MR) is 76.5 cm³/mol. The van der Waals surface area contributed by atoms with E-state index in [1.807, 2.05) is 0 Å². The van der Waals surface area contributed by atoms with Crippen LogP contribution < -0.4 is 21.7 Å². The van der Waals surface area contributed by atoms with Crippen LogP contribution in [0.25, 0.3) is 11.0 Å². The predicted octanol–water partition coefficient (Wildman–Crippen LogP) is -1.75. The number of rotatable bonds is 5. The number of hydrogen-bond donors (Lipinski definition) is 3. The van der Waals surface area contributed by atoms with Gasteiger partial charge in [-0.3, -0.25) is 14.3 Å². The molecule has 4 N–H and O–H groups in total. The van der Waals surface area contributed by atoms with E-state index >= 15 is 0 Å². The Balaban J connectivity index is 2.54. The van der Waals surface area contributed by atoms with Gasteiger partial charge in [-0.05, 0) is 19.0 Å². The first-order chi connectivity index (χ1) is 9.86. The number of fused-ring (bicyclic) bond motifs is 1. The van der Waals surface area contributed by atoms with Crippen molar-refractivity contribution in [2.24, 2.45) is 12.8 Å². The van der Waals surface area contributed by atoms with Crippen LogP contribution in [0.3, 0.4) is 0 Å². The topological polar surface area (TPSA) is 140 Å². The molecule has 0 aliphatic rings. The van der Waals surface area contributed by atoms with E-state index in [1.165, 1.54) is 13.1 Å². The lowest BCUT2D eigenvalue weighted by Crippen LogP contribution is -2.30. The molecule has 2 aromatic heterocycles. The highest BCUT2D eigenvalue weighted by molar-refractivity contribution is 7.89. The lowest BCUT2D eigenvalue weighted by atomic mass is 10.3. The lowest BCUT2D eigenvalue weighted by molar-refractivity contribution is 0.579. The summed E-state index contributed by atoms with van der Waals surface area (Å²) >= 11 is 0. The molecule has 21 heavy (non-hydrogen) atoms. The van der Waals surface area contributed by atoms with Crippen molar-refractivity contribution in [3.05, 3.63) is 33.1 Å². The van der Waals surface area contributed by atoms with Crippen molar-refractivity contribution in [1.82, 2.24) is 19.3 Å². The van der Waals surface area contributed by atoms with Crippen molar-refractivity contribution in [3.8, 4) is 0 Å². The number of aromatic nitrogens is 3. The zero-order valence-electron chi connectivity index (χ0n) is 11.3. The van der Waals surface area contributed by atoms with Gasteiger partial charge >= 0.3 is 5.69 Å². The Hall–Kier alpha value is -2.04. The third kappa shape index (κ3) is 3.01. The van der Waals surface area contributed by atoms with Crippen LogP contribution in [0.5, 0.6) is 0 Å². The molecular weight excluding hydrogens is 298 g/mol. The van der Waals surface area contributed by atoms with Crippen molar-refractivity contribution in [2.75, 3.05) is 13.1 Å². The molecule has 2 heterocycles. The molecule has 10 heteroatoms. The molecule has 0 radical (unpaired) electrons. The highest BCUT2D eigenvalue weighted by Gasteiger charge is 2.16. The van der Waals surface area contributed by atoms with Gasteiger partial charge in [-0.1, -0.05) is 0 Å². The molecule has 0 unspecified atom stereocenters. The van der Waals surface area contributed by atoms with Crippen molar-refractivity contribution >= 4 is 21.1 Å². The molecule has 9 nitrogen and oxygen atoms in total. The molecular formula is C11H15N5O4S. The van der Waals surface area contributed by atoms with Crippen LogP contribution >= 0.6 is 0 Å². The van der Waals surface area contributed by atoms with Crippen molar-refractivity contribution < 1.29 is 8.42 Å². The summed E-state index contributed by atoms with van der Waals surface area (Å²) < 4.78 is 27.6. The summed E-state index contributed by atoms with van der Waals surface area (Å²) in [5, 5.41) is 0.0267. The number of nitrogens with one attached hydrogen (secondary N) is 2. The van der Waals surface area contributed by atoms with E-state index in [1.54, 1.807) is 0 Å². The minimum Gasteiger partial charge on any atom is -0.330 e. The molecule has 0 atom stereocenters. The quantitative estimate of drug-likeness (QED) is 0.559. The van der Waals surface area contributed by atoms with Gasteiger partial charge in [0.2, 0.25) is 10.0 Å². The largest absolute Gasteiger partial charge is 0.330 e. The summed E-state index contributed by atoms with van der Waals surface area (Å²) in [6.07, 6.45) is 1.60. The standard InChI is InChI=1S/C11H15N5O4S/c1-16-9-8(10(17)15-11(16)18)5-7(6-13-9)21(19,20)14-4-2-3-12/h5-6,14H,2-4,12H2,1H3,(H,15,17,18). The normalized spacial score (nSPS) is 11.9. The van der Waals surface area contributed by atoms with Crippen LogP contribution in [-0.2, 0) is 17.1 Å². The summed E-state index contributed by atoms with van der Waals surface area (Å²) in [5.41, 5.74) is 4.12. The fourth-order valence-corrected chi connectivity index (χ4v) is 2.80. The monoisotopic (exact) mass is 313 g/mol. The Morgan fingerprint density at radius 1 is 1.43 bits per heavy atom. The molecule has 0 fully saturated rings. The number of nitrogens with two attached hydrogens (primary N) is 1. The fraction of sp³-hybridized carbons (Fsp3) is 0.364. The molecule has 2 rings (SSSR count). The second-order valence-corrected chi connectivity index (χ2v) is 6.17. The number of pyridine rings is 1. The smallest absolute Gasteiger partial charge is 0.329 e. The van der Waals surface area contributed by atoms with Gasteiger partial charge in [0, 0.05) is 19.8 Å². The zero-order chi connectivity index (χ0) is 15.6. The lowest BCUT2D eigenvalue weighted by Gasteiger charge is -2.07. The highest BCUT2D eigenvalue weighted by atomic mass is 32.2. The molecule has 0 aliphatic carbocycles. The number of sulfonamides is 1. The number of aryl methyl sites for hydroxylation is 1. The summed E-state index contributed by atoms with van der Waals surface area (Å²) in [4.78, 5) is 29.0. The SMILES string of the molecule is Cn1c(=O)[nH]c(=O)c2cc(S(=O)(=O)NCCCN)cnc21. The second-order valence-electron chi connectivity index (χ2n) is 4.40. The van der Waals surface area contributed by atoms with E-state index in [0.717, 1.165) is 10.8 Å². The van der Waals surface area contributed by atoms with Crippen LogP contribution in [-0.4, -0.2) is 36.0 Å². The summed E-state index contributed by atoms with van der Waals surface area (Å²) in [6, 6.07) is 1.19. The summed E-state index contributed by atoms with van der Waals surface area (Å²) in [6.45, 7) is 0.556. The molecule has 114 valence electrons. The van der Waals surface area contributed by atoms with Crippen molar-refractivity contribution in [3.63, 3.8) is 0 Å². The van der Waals surface area contributed by atoms with Crippen LogP contribution in [0, 0.1) is 0 Å². The van der Waals surface area contributed by atoms with Crippen LogP contribution in [0.15, 0.2) is 26.7 Å². The van der Waals surface area contributed by atoms with Gasteiger partial charge in [0.05, 0.1) is 5.39 Å². The molecule has 0 saturated carbocycles. The van der Waals surface area contributed by atoms with E-state index in [-0.39, 0.29) is 22.5 Å². The summed E-state index contributed by atoms with van der Waals surface area (Å²) in [7, 11) is -2.34. The number of hydrogen-bond acceptors (Lipinski definition) is 6. The van der Waals surface area contributed by atoms with E-state index in [9.17, 15) is 18.0 Å². The molecule has 0 spiro atoms. The van der Waals surface area contributed by atoms with Gasteiger partial charge in [-0.2, -0.15) is 0 Å². The van der Waals surface area contributed by atoms with E-state index in [4.69, 9.17) is 5.73 Å². The van der Waals surface area contributed by atoms with Gasteiger partial charge in [0.1, 0.15) is 10.5 Å².